The van der Waals surface area contributed by atoms with Gasteiger partial charge >= 0.3 is 0 Å². The highest BCUT2D eigenvalue weighted by Gasteiger charge is 2.21. The third-order valence-corrected chi connectivity index (χ3v) is 6.39. The Kier molecular flexibility index (Phi) is 4.50. The summed E-state index contributed by atoms with van der Waals surface area (Å²) in [6, 6.07) is 14.7. The maximum atomic E-state index is 12.8. The minimum Gasteiger partial charge on any atom is -0.238 e. The smallest absolute Gasteiger partial charge is 0.238 e. The molecule has 2 heterocycles. The highest BCUT2D eigenvalue weighted by Crippen LogP contribution is 2.22. The van der Waals surface area contributed by atoms with Crippen molar-refractivity contribution in [1.29, 1.82) is 0 Å². The van der Waals surface area contributed by atoms with Crippen LogP contribution in [0.5, 0.6) is 0 Å². The van der Waals surface area contributed by atoms with E-state index in [0.717, 1.165) is 34.4 Å². The Labute approximate surface area is 161 Å². The van der Waals surface area contributed by atoms with Crippen molar-refractivity contribution in [3.63, 3.8) is 0 Å². The number of aryl methyl sites for hydroxylation is 1. The summed E-state index contributed by atoms with van der Waals surface area (Å²) in [6.45, 7) is 3.96. The highest BCUT2D eigenvalue weighted by molar-refractivity contribution is 7.89. The maximum Gasteiger partial charge on any atom is 0.243 e. The average Bonchev–Trinajstić information content (AvgIpc) is 3.25. The van der Waals surface area contributed by atoms with Crippen LogP contribution in [0.25, 0.3) is 16.7 Å². The lowest BCUT2D eigenvalue weighted by atomic mass is 10.2. The fraction of sp³-hybridized carbons (Fsp3) is 0.167. The predicted octanol–water partition coefficient (Wildman–Crippen LogP) is 2.97. The SMILES string of the molecule is Cc1nn(-c2ccccc2)c(C)c1CNS(=O)(=O)c1cccc2nsnc12. The van der Waals surface area contributed by atoms with Gasteiger partial charge in [-0.1, -0.05) is 24.3 Å². The molecule has 9 heteroatoms. The van der Waals surface area contributed by atoms with Gasteiger partial charge < -0.3 is 0 Å². The molecule has 0 aliphatic rings. The topological polar surface area (TPSA) is 89.8 Å². The van der Waals surface area contributed by atoms with Gasteiger partial charge in [-0.3, -0.25) is 0 Å². The Hall–Kier alpha value is -2.62. The zero-order valence-electron chi connectivity index (χ0n) is 14.7. The summed E-state index contributed by atoms with van der Waals surface area (Å²) in [5, 5.41) is 4.56. The first kappa shape index (κ1) is 17.8. The minimum absolute atomic E-state index is 0.138. The Balaban J connectivity index is 1.64. The number of sulfonamides is 1. The number of rotatable bonds is 5. The van der Waals surface area contributed by atoms with Gasteiger partial charge in [0.25, 0.3) is 0 Å². The Morgan fingerprint density at radius 1 is 1.04 bits per heavy atom. The van der Waals surface area contributed by atoms with Crippen LogP contribution in [0.1, 0.15) is 17.0 Å². The standard InChI is InChI=1S/C18H17N5O2S2/c1-12-15(13(2)23(20-12)14-7-4-3-5-8-14)11-19-27(24,25)17-10-6-9-16-18(17)22-26-21-16/h3-10,19H,11H2,1-2H3. The first-order valence-corrected chi connectivity index (χ1v) is 10.5. The van der Waals surface area contributed by atoms with Crippen LogP contribution in [0, 0.1) is 13.8 Å². The largest absolute Gasteiger partial charge is 0.243 e. The number of hydrogen-bond acceptors (Lipinski definition) is 6. The molecule has 0 fully saturated rings. The maximum absolute atomic E-state index is 12.8. The van der Waals surface area contributed by atoms with Gasteiger partial charge in [-0.2, -0.15) is 13.8 Å². The van der Waals surface area contributed by atoms with Gasteiger partial charge in [0.2, 0.25) is 10.0 Å². The van der Waals surface area contributed by atoms with Crippen molar-refractivity contribution in [1.82, 2.24) is 23.2 Å². The number of hydrogen-bond donors (Lipinski definition) is 1. The van der Waals surface area contributed by atoms with Crippen LogP contribution in [0.4, 0.5) is 0 Å². The second kappa shape index (κ2) is 6.84. The molecule has 7 nitrogen and oxygen atoms in total. The van der Waals surface area contributed by atoms with Crippen molar-refractivity contribution < 1.29 is 8.42 Å². The number of para-hydroxylation sites is 1. The number of aromatic nitrogens is 4. The van der Waals surface area contributed by atoms with Crippen molar-refractivity contribution in [3.8, 4) is 5.69 Å². The molecule has 4 aromatic rings. The van der Waals surface area contributed by atoms with E-state index in [1.807, 2.05) is 48.9 Å². The lowest BCUT2D eigenvalue weighted by molar-refractivity contribution is 0.582. The fourth-order valence-corrected chi connectivity index (χ4v) is 4.75. The quantitative estimate of drug-likeness (QED) is 0.557. The summed E-state index contributed by atoms with van der Waals surface area (Å²) < 4.78 is 38.3. The van der Waals surface area contributed by atoms with Crippen LogP contribution in [0.15, 0.2) is 53.4 Å². The van der Waals surface area contributed by atoms with Gasteiger partial charge in [-0.15, -0.1) is 0 Å². The van der Waals surface area contributed by atoms with Crippen LogP contribution >= 0.6 is 11.7 Å². The number of nitrogens with one attached hydrogen (secondary N) is 1. The molecule has 0 saturated heterocycles. The van der Waals surface area contributed by atoms with E-state index in [4.69, 9.17) is 0 Å². The monoisotopic (exact) mass is 399 g/mol. The van der Waals surface area contributed by atoms with E-state index in [1.54, 1.807) is 18.2 Å². The lowest BCUT2D eigenvalue weighted by Gasteiger charge is -2.08. The fourth-order valence-electron chi connectivity index (χ4n) is 2.99. The van der Waals surface area contributed by atoms with Crippen molar-refractivity contribution in [2.24, 2.45) is 0 Å². The molecular weight excluding hydrogens is 382 g/mol. The third-order valence-electron chi connectivity index (χ3n) is 4.42. The zero-order chi connectivity index (χ0) is 19.0. The van der Waals surface area contributed by atoms with E-state index < -0.39 is 10.0 Å². The summed E-state index contributed by atoms with van der Waals surface area (Å²) in [4.78, 5) is 0.138. The second-order valence-electron chi connectivity index (χ2n) is 6.11. The van der Waals surface area contributed by atoms with Gasteiger partial charge in [-0.05, 0) is 38.1 Å². The Bertz CT molecular complexity index is 1210. The molecule has 4 rings (SSSR count). The zero-order valence-corrected chi connectivity index (χ0v) is 16.4. The lowest BCUT2D eigenvalue weighted by Crippen LogP contribution is -2.24. The molecule has 0 unspecified atom stereocenters. The molecule has 138 valence electrons. The van der Waals surface area contributed by atoms with Crippen LogP contribution in [-0.4, -0.2) is 26.9 Å². The molecule has 0 amide bonds. The van der Waals surface area contributed by atoms with Gasteiger partial charge in [0, 0.05) is 17.8 Å². The van der Waals surface area contributed by atoms with E-state index >= 15 is 0 Å². The Morgan fingerprint density at radius 2 is 1.81 bits per heavy atom. The molecule has 0 aliphatic carbocycles. The summed E-state index contributed by atoms with van der Waals surface area (Å²) in [6.07, 6.45) is 0. The van der Waals surface area contributed by atoms with Crippen molar-refractivity contribution in [2.45, 2.75) is 25.3 Å². The molecule has 0 spiro atoms. The predicted molar refractivity (Wildman–Crippen MR) is 104 cm³/mol. The minimum atomic E-state index is -3.73. The van der Waals surface area contributed by atoms with E-state index in [2.05, 4.69) is 18.6 Å². The molecule has 0 saturated carbocycles. The van der Waals surface area contributed by atoms with Crippen molar-refractivity contribution >= 4 is 32.8 Å². The van der Waals surface area contributed by atoms with Crippen LogP contribution in [0.2, 0.25) is 0 Å². The van der Waals surface area contributed by atoms with Crippen LogP contribution in [0.3, 0.4) is 0 Å². The molecular formula is C18H17N5O2S2. The van der Waals surface area contributed by atoms with E-state index in [1.165, 1.54) is 0 Å². The number of fused-ring (bicyclic) bond motifs is 1. The third kappa shape index (κ3) is 3.25. The van der Waals surface area contributed by atoms with E-state index in [0.29, 0.717) is 11.0 Å². The van der Waals surface area contributed by atoms with E-state index in [-0.39, 0.29) is 11.4 Å². The molecule has 0 atom stereocenters. The average molecular weight is 400 g/mol. The molecule has 0 aliphatic heterocycles. The molecule has 0 bridgehead atoms. The molecule has 2 aromatic carbocycles. The number of nitrogens with zero attached hydrogens (tertiary/aromatic N) is 4. The van der Waals surface area contributed by atoms with Gasteiger partial charge in [-0.25, -0.2) is 17.8 Å². The van der Waals surface area contributed by atoms with Crippen LogP contribution in [-0.2, 0) is 16.6 Å². The second-order valence-corrected chi connectivity index (χ2v) is 8.37. The summed E-state index contributed by atoms with van der Waals surface area (Å²) in [5.41, 5.74) is 4.44. The highest BCUT2D eigenvalue weighted by atomic mass is 32.2. The van der Waals surface area contributed by atoms with Gasteiger partial charge in [0.15, 0.2) is 0 Å². The molecule has 1 N–H and O–H groups in total. The molecule has 27 heavy (non-hydrogen) atoms. The normalized spacial score (nSPS) is 11.9. The van der Waals surface area contributed by atoms with E-state index in [9.17, 15) is 8.42 Å². The van der Waals surface area contributed by atoms with Crippen LogP contribution < -0.4 is 4.72 Å². The summed E-state index contributed by atoms with van der Waals surface area (Å²) >= 11 is 0.998. The number of benzene rings is 2. The van der Waals surface area contributed by atoms with Crippen molar-refractivity contribution in [3.05, 3.63) is 65.5 Å². The summed E-state index contributed by atoms with van der Waals surface area (Å²) in [7, 11) is -3.73. The van der Waals surface area contributed by atoms with Gasteiger partial charge in [0.05, 0.1) is 23.1 Å². The molecule has 0 radical (unpaired) electrons. The molecule has 2 aromatic heterocycles. The first-order chi connectivity index (χ1) is 13.0. The first-order valence-electron chi connectivity index (χ1n) is 8.29. The van der Waals surface area contributed by atoms with Gasteiger partial charge in [0.1, 0.15) is 15.9 Å². The summed E-state index contributed by atoms with van der Waals surface area (Å²) in [5.74, 6) is 0. The Morgan fingerprint density at radius 3 is 2.59 bits per heavy atom. The van der Waals surface area contributed by atoms with Crippen molar-refractivity contribution in [2.75, 3.05) is 0 Å².